The fourth-order valence-electron chi connectivity index (χ4n) is 3.26. The average molecular weight is 427 g/mol. The van der Waals surface area contributed by atoms with Crippen LogP contribution in [0.15, 0.2) is 35.5 Å². The molecule has 1 aliphatic heterocycles. The van der Waals surface area contributed by atoms with Gasteiger partial charge in [0.1, 0.15) is 5.82 Å². The van der Waals surface area contributed by atoms with Crippen molar-refractivity contribution in [1.29, 1.82) is 0 Å². The van der Waals surface area contributed by atoms with Gasteiger partial charge in [-0.1, -0.05) is 44.7 Å². The zero-order chi connectivity index (χ0) is 21.1. The highest BCUT2D eigenvalue weighted by Crippen LogP contribution is 2.29. The number of nitrogens with zero attached hydrogens (tertiary/aromatic N) is 3. The molecule has 2 aliphatic rings. The standard InChI is InChI=1S/C23H30N4O2S/c1-23(2,3)19-14-20(27-9-11-29-12-10-27)26-22(25-19)30-15-16-5-4-6-17(13-16)21(28)24-18-7-8-18/h4-6,13-14,18H,7-12,15H2,1-3H3,(H,24,28). The molecule has 0 spiro atoms. The van der Waals surface area contributed by atoms with E-state index in [1.165, 1.54) is 0 Å². The Balaban J connectivity index is 1.50. The Morgan fingerprint density at radius 2 is 1.97 bits per heavy atom. The second-order valence-electron chi connectivity index (χ2n) is 8.98. The predicted molar refractivity (Wildman–Crippen MR) is 120 cm³/mol. The molecular weight excluding hydrogens is 396 g/mol. The summed E-state index contributed by atoms with van der Waals surface area (Å²) in [6.45, 7) is 9.68. The lowest BCUT2D eigenvalue weighted by atomic mass is 9.92. The molecule has 1 aromatic carbocycles. The summed E-state index contributed by atoms with van der Waals surface area (Å²) in [5, 5.41) is 3.83. The Labute approximate surface area is 182 Å². The van der Waals surface area contributed by atoms with Crippen LogP contribution in [0.1, 0.15) is 55.2 Å². The highest BCUT2D eigenvalue weighted by atomic mass is 32.2. The zero-order valence-electron chi connectivity index (χ0n) is 18.0. The number of amides is 1. The Hall–Kier alpha value is -2.12. The number of benzene rings is 1. The van der Waals surface area contributed by atoms with E-state index in [2.05, 4.69) is 43.1 Å². The largest absolute Gasteiger partial charge is 0.378 e. The lowest BCUT2D eigenvalue weighted by molar-refractivity contribution is 0.0951. The molecule has 7 heteroatoms. The summed E-state index contributed by atoms with van der Waals surface area (Å²) in [6.07, 6.45) is 2.18. The van der Waals surface area contributed by atoms with E-state index in [1.807, 2.05) is 18.2 Å². The fourth-order valence-corrected chi connectivity index (χ4v) is 4.06. The van der Waals surface area contributed by atoms with E-state index in [0.29, 0.717) is 6.04 Å². The molecule has 1 N–H and O–H groups in total. The van der Waals surface area contributed by atoms with Crippen molar-refractivity contribution in [2.24, 2.45) is 0 Å². The number of ether oxygens (including phenoxy) is 1. The van der Waals surface area contributed by atoms with E-state index in [1.54, 1.807) is 11.8 Å². The van der Waals surface area contributed by atoms with E-state index >= 15 is 0 Å². The van der Waals surface area contributed by atoms with Gasteiger partial charge < -0.3 is 15.0 Å². The summed E-state index contributed by atoms with van der Waals surface area (Å²) in [6, 6.07) is 10.3. The first-order valence-electron chi connectivity index (χ1n) is 10.6. The smallest absolute Gasteiger partial charge is 0.251 e. The maximum Gasteiger partial charge on any atom is 0.251 e. The van der Waals surface area contributed by atoms with Gasteiger partial charge in [0.25, 0.3) is 5.91 Å². The van der Waals surface area contributed by atoms with Gasteiger partial charge in [-0.15, -0.1) is 0 Å². The number of carbonyl (C=O) groups is 1. The van der Waals surface area contributed by atoms with Gasteiger partial charge in [-0.25, -0.2) is 9.97 Å². The fraction of sp³-hybridized carbons (Fsp3) is 0.522. The summed E-state index contributed by atoms with van der Waals surface area (Å²) >= 11 is 1.62. The molecule has 6 nitrogen and oxygen atoms in total. The van der Waals surface area contributed by atoms with Gasteiger partial charge in [0.05, 0.1) is 18.9 Å². The SMILES string of the molecule is CC(C)(C)c1cc(N2CCOCC2)nc(SCc2cccc(C(=O)NC3CC3)c2)n1. The quantitative estimate of drug-likeness (QED) is 0.560. The number of rotatable bonds is 6. The maximum absolute atomic E-state index is 12.3. The van der Waals surface area contributed by atoms with Crippen LogP contribution in [0.2, 0.25) is 0 Å². The van der Waals surface area contributed by atoms with Gasteiger partial charge >= 0.3 is 0 Å². The third-order valence-corrected chi connectivity index (χ3v) is 6.18. The van der Waals surface area contributed by atoms with Crippen molar-refractivity contribution in [3.63, 3.8) is 0 Å². The van der Waals surface area contributed by atoms with Gasteiger partial charge in [0.15, 0.2) is 5.16 Å². The Morgan fingerprint density at radius 1 is 1.20 bits per heavy atom. The van der Waals surface area contributed by atoms with Crippen LogP contribution in [0.4, 0.5) is 5.82 Å². The van der Waals surface area contributed by atoms with E-state index in [-0.39, 0.29) is 11.3 Å². The van der Waals surface area contributed by atoms with Crippen molar-refractivity contribution >= 4 is 23.5 Å². The normalized spacial score (nSPS) is 17.1. The first-order chi connectivity index (χ1) is 14.4. The predicted octanol–water partition coefficient (Wildman–Crippen LogP) is 3.80. The van der Waals surface area contributed by atoms with Crippen molar-refractivity contribution in [1.82, 2.24) is 15.3 Å². The van der Waals surface area contributed by atoms with E-state index in [9.17, 15) is 4.79 Å². The average Bonchev–Trinajstić information content (AvgIpc) is 3.56. The number of morpholine rings is 1. The van der Waals surface area contributed by atoms with Crippen molar-refractivity contribution in [2.45, 2.75) is 56.0 Å². The number of nitrogens with one attached hydrogen (secondary N) is 1. The van der Waals surface area contributed by atoms with E-state index in [0.717, 1.165) is 72.7 Å². The van der Waals surface area contributed by atoms with Crippen molar-refractivity contribution in [3.05, 3.63) is 47.2 Å². The van der Waals surface area contributed by atoms with Gasteiger partial charge in [-0.05, 0) is 30.5 Å². The lowest BCUT2D eigenvalue weighted by Gasteiger charge is -2.29. The highest BCUT2D eigenvalue weighted by molar-refractivity contribution is 7.98. The minimum atomic E-state index is -0.0555. The molecule has 2 aromatic rings. The Kier molecular flexibility index (Phi) is 6.29. The molecule has 1 aliphatic carbocycles. The van der Waals surface area contributed by atoms with Crippen LogP contribution >= 0.6 is 11.8 Å². The van der Waals surface area contributed by atoms with Crippen LogP contribution in [-0.4, -0.2) is 48.2 Å². The first-order valence-corrected chi connectivity index (χ1v) is 11.6. The molecule has 160 valence electrons. The summed E-state index contributed by atoms with van der Waals surface area (Å²) in [7, 11) is 0. The van der Waals surface area contributed by atoms with Crippen LogP contribution in [0.25, 0.3) is 0 Å². The third-order valence-electron chi connectivity index (χ3n) is 5.27. The molecule has 30 heavy (non-hydrogen) atoms. The number of thioether (sulfide) groups is 1. The second kappa shape index (κ2) is 8.94. The third kappa shape index (κ3) is 5.52. The molecule has 1 amide bonds. The topological polar surface area (TPSA) is 67.3 Å². The molecule has 4 rings (SSSR count). The summed E-state index contributed by atoms with van der Waals surface area (Å²) in [5.74, 6) is 1.71. The summed E-state index contributed by atoms with van der Waals surface area (Å²) in [5.41, 5.74) is 2.80. The molecule has 1 aromatic heterocycles. The van der Waals surface area contributed by atoms with Gasteiger partial charge in [0, 0.05) is 41.9 Å². The zero-order valence-corrected chi connectivity index (χ0v) is 18.8. The van der Waals surface area contributed by atoms with Gasteiger partial charge in [-0.2, -0.15) is 0 Å². The van der Waals surface area contributed by atoms with Crippen LogP contribution in [0.5, 0.6) is 0 Å². The number of carbonyl (C=O) groups excluding carboxylic acids is 1. The minimum Gasteiger partial charge on any atom is -0.378 e. The van der Waals surface area contributed by atoms with Crippen LogP contribution in [0.3, 0.4) is 0 Å². The van der Waals surface area contributed by atoms with Crippen molar-refractivity contribution in [2.75, 3.05) is 31.2 Å². The van der Waals surface area contributed by atoms with Crippen molar-refractivity contribution < 1.29 is 9.53 Å². The molecule has 0 unspecified atom stereocenters. The molecule has 1 saturated heterocycles. The molecule has 0 radical (unpaired) electrons. The first kappa shape index (κ1) is 21.1. The Morgan fingerprint density at radius 3 is 2.67 bits per heavy atom. The number of hydrogen-bond acceptors (Lipinski definition) is 6. The monoisotopic (exact) mass is 426 g/mol. The van der Waals surface area contributed by atoms with E-state index < -0.39 is 0 Å². The number of anilines is 1. The molecule has 2 heterocycles. The molecule has 2 fully saturated rings. The maximum atomic E-state index is 12.3. The number of aromatic nitrogens is 2. The van der Waals surface area contributed by atoms with Crippen LogP contribution < -0.4 is 10.2 Å². The van der Waals surface area contributed by atoms with Gasteiger partial charge in [-0.3, -0.25) is 4.79 Å². The van der Waals surface area contributed by atoms with Gasteiger partial charge in [0.2, 0.25) is 0 Å². The van der Waals surface area contributed by atoms with Crippen LogP contribution in [0, 0.1) is 0 Å². The molecular formula is C23H30N4O2S. The lowest BCUT2D eigenvalue weighted by Crippen LogP contribution is -2.37. The minimum absolute atomic E-state index is 0.0185. The number of hydrogen-bond donors (Lipinski definition) is 1. The molecule has 0 bridgehead atoms. The Bertz CT molecular complexity index is 902. The summed E-state index contributed by atoms with van der Waals surface area (Å²) < 4.78 is 5.49. The highest BCUT2D eigenvalue weighted by Gasteiger charge is 2.24. The molecule has 1 saturated carbocycles. The second-order valence-corrected chi connectivity index (χ2v) is 9.92. The summed E-state index contributed by atoms with van der Waals surface area (Å²) in [4.78, 5) is 24.3. The molecule has 0 atom stereocenters. The van der Waals surface area contributed by atoms with E-state index in [4.69, 9.17) is 14.7 Å². The van der Waals surface area contributed by atoms with Crippen molar-refractivity contribution in [3.8, 4) is 0 Å². The van der Waals surface area contributed by atoms with Crippen LogP contribution in [-0.2, 0) is 15.9 Å².